The zero-order valence-corrected chi connectivity index (χ0v) is 18.2. The van der Waals surface area contributed by atoms with Crippen molar-refractivity contribution in [2.75, 3.05) is 15.9 Å². The summed E-state index contributed by atoms with van der Waals surface area (Å²) in [4.78, 5) is 16.7. The highest BCUT2D eigenvalue weighted by atomic mass is 32.2. The van der Waals surface area contributed by atoms with E-state index in [1.807, 2.05) is 60.8 Å². The Morgan fingerprint density at radius 2 is 2.00 bits per heavy atom. The smallest absolute Gasteiger partial charge is 0.250 e. The van der Waals surface area contributed by atoms with Crippen molar-refractivity contribution in [1.29, 1.82) is 0 Å². The van der Waals surface area contributed by atoms with E-state index in [1.165, 1.54) is 28.0 Å². The molecule has 1 aliphatic rings. The van der Waals surface area contributed by atoms with Crippen molar-refractivity contribution in [2.24, 2.45) is 0 Å². The van der Waals surface area contributed by atoms with Gasteiger partial charge in [0.15, 0.2) is 5.13 Å². The molecule has 8 heteroatoms. The molecule has 0 unspecified atom stereocenters. The Morgan fingerprint density at radius 3 is 2.73 bits per heavy atom. The van der Waals surface area contributed by atoms with Gasteiger partial charge in [-0.1, -0.05) is 36.4 Å². The van der Waals surface area contributed by atoms with Gasteiger partial charge in [-0.25, -0.2) is 13.4 Å². The number of anilines is 2. The lowest BCUT2D eigenvalue weighted by atomic mass is 10.1. The third kappa shape index (κ3) is 4.29. The first-order valence-electron chi connectivity index (χ1n) is 9.43. The van der Waals surface area contributed by atoms with Gasteiger partial charge in [-0.2, -0.15) is 0 Å². The number of hydrogen-bond acceptors (Lipinski definition) is 5. The van der Waals surface area contributed by atoms with Crippen molar-refractivity contribution in [1.82, 2.24) is 4.98 Å². The van der Waals surface area contributed by atoms with E-state index in [-0.39, 0.29) is 11.9 Å². The van der Waals surface area contributed by atoms with E-state index in [0.717, 1.165) is 28.1 Å². The third-order valence-electron chi connectivity index (χ3n) is 4.85. The number of nitrogens with zero attached hydrogens (tertiary/aromatic N) is 2. The molecule has 0 fully saturated rings. The van der Waals surface area contributed by atoms with Crippen molar-refractivity contribution in [3.63, 3.8) is 0 Å². The Labute approximate surface area is 179 Å². The topological polar surface area (TPSA) is 79.4 Å². The van der Waals surface area contributed by atoms with Crippen LogP contribution < -0.4 is 9.62 Å². The van der Waals surface area contributed by atoms with Crippen LogP contribution in [0.3, 0.4) is 0 Å². The van der Waals surface area contributed by atoms with Gasteiger partial charge in [0.25, 0.3) is 0 Å². The maximum Gasteiger partial charge on any atom is 0.250 e. The summed E-state index contributed by atoms with van der Waals surface area (Å²) < 4.78 is 25.6. The van der Waals surface area contributed by atoms with Crippen molar-refractivity contribution < 1.29 is 13.2 Å². The summed E-state index contributed by atoms with van der Waals surface area (Å²) in [5.74, 6) is -0.244. The number of fused-ring (bicyclic) bond motifs is 1. The molecular weight excluding hydrogens is 418 g/mol. The van der Waals surface area contributed by atoms with E-state index in [4.69, 9.17) is 0 Å². The number of carbonyl (C=O) groups is 1. The molecule has 3 aromatic rings. The van der Waals surface area contributed by atoms with Gasteiger partial charge >= 0.3 is 0 Å². The summed E-state index contributed by atoms with van der Waals surface area (Å²) in [6.45, 7) is 1.90. The van der Waals surface area contributed by atoms with Crippen LogP contribution in [0.4, 0.5) is 10.8 Å². The van der Waals surface area contributed by atoms with E-state index in [9.17, 15) is 13.2 Å². The minimum absolute atomic E-state index is 0.105. The van der Waals surface area contributed by atoms with Crippen LogP contribution in [0, 0.1) is 0 Å². The molecule has 0 saturated carbocycles. The number of nitrogens with one attached hydrogen (secondary N) is 1. The Bertz CT molecular complexity index is 1220. The molecule has 2 heterocycles. The van der Waals surface area contributed by atoms with Crippen LogP contribution in [0.15, 0.2) is 60.0 Å². The standard InChI is InChI=1S/C22H21N3O3S2/c1-15-12-18-13-17(9-10-20(18)25(15)30(2,27)28)19-14-29-22(23-19)24-21(26)11-8-16-6-4-3-5-7-16/h3-11,13-15H,12H2,1-2H3,(H,23,24,26)/b11-8+/t15-/m0/s1. The van der Waals surface area contributed by atoms with Crippen LogP contribution in [0.2, 0.25) is 0 Å². The van der Waals surface area contributed by atoms with E-state index in [1.54, 1.807) is 6.08 Å². The van der Waals surface area contributed by atoms with Crippen LogP contribution >= 0.6 is 11.3 Å². The monoisotopic (exact) mass is 439 g/mol. The van der Waals surface area contributed by atoms with Crippen LogP contribution in [0.1, 0.15) is 18.1 Å². The van der Waals surface area contributed by atoms with Gasteiger partial charge in [0.05, 0.1) is 17.6 Å². The van der Waals surface area contributed by atoms with Gasteiger partial charge in [-0.15, -0.1) is 11.3 Å². The number of sulfonamides is 1. The molecule has 0 aliphatic carbocycles. The van der Waals surface area contributed by atoms with Crippen LogP contribution in [0.5, 0.6) is 0 Å². The number of carbonyl (C=O) groups excluding carboxylic acids is 1. The summed E-state index contributed by atoms with van der Waals surface area (Å²) >= 11 is 1.35. The van der Waals surface area contributed by atoms with Gasteiger partial charge in [0.2, 0.25) is 15.9 Å². The van der Waals surface area contributed by atoms with Crippen molar-refractivity contribution in [2.45, 2.75) is 19.4 Å². The SMILES string of the molecule is C[C@H]1Cc2cc(-c3csc(NC(=O)/C=C/c4ccccc4)n3)ccc2N1S(C)(=O)=O. The van der Waals surface area contributed by atoms with Crippen molar-refractivity contribution in [3.05, 3.63) is 71.1 Å². The zero-order valence-electron chi connectivity index (χ0n) is 16.6. The molecule has 30 heavy (non-hydrogen) atoms. The molecule has 1 atom stereocenters. The molecule has 0 bridgehead atoms. The number of benzene rings is 2. The average Bonchev–Trinajstić information content (AvgIpc) is 3.29. The number of aromatic nitrogens is 1. The van der Waals surface area contributed by atoms with Gasteiger partial charge in [0, 0.05) is 23.1 Å². The fraction of sp³-hybridized carbons (Fsp3) is 0.182. The molecule has 2 aromatic carbocycles. The summed E-state index contributed by atoms with van der Waals surface area (Å²) in [6.07, 6.45) is 5.12. The molecule has 0 spiro atoms. The van der Waals surface area contributed by atoms with Gasteiger partial charge in [0.1, 0.15) is 0 Å². The maximum absolute atomic E-state index is 12.2. The third-order valence-corrected chi connectivity index (χ3v) is 6.88. The lowest BCUT2D eigenvalue weighted by Gasteiger charge is -2.21. The first-order valence-corrected chi connectivity index (χ1v) is 12.2. The summed E-state index contributed by atoms with van der Waals surface area (Å²) in [5, 5.41) is 5.18. The lowest BCUT2D eigenvalue weighted by Crippen LogP contribution is -2.34. The van der Waals surface area contributed by atoms with E-state index in [2.05, 4.69) is 10.3 Å². The Kier molecular flexibility index (Phi) is 5.44. The molecule has 0 saturated heterocycles. The van der Waals surface area contributed by atoms with E-state index >= 15 is 0 Å². The number of amides is 1. The van der Waals surface area contributed by atoms with E-state index < -0.39 is 10.0 Å². The molecule has 1 aliphatic heterocycles. The predicted molar refractivity (Wildman–Crippen MR) is 122 cm³/mol. The van der Waals surface area contributed by atoms with Gasteiger partial charge in [-0.05, 0) is 42.7 Å². The highest BCUT2D eigenvalue weighted by molar-refractivity contribution is 7.92. The van der Waals surface area contributed by atoms with E-state index in [0.29, 0.717) is 11.6 Å². The zero-order chi connectivity index (χ0) is 21.3. The maximum atomic E-state index is 12.2. The fourth-order valence-corrected chi connectivity index (χ4v) is 5.60. The summed E-state index contributed by atoms with van der Waals surface area (Å²) in [5.41, 5.74) is 4.30. The van der Waals surface area contributed by atoms with Gasteiger partial charge < -0.3 is 0 Å². The Balaban J connectivity index is 1.49. The second kappa shape index (κ2) is 8.04. The minimum Gasteiger partial charge on any atom is -0.298 e. The quantitative estimate of drug-likeness (QED) is 0.605. The minimum atomic E-state index is -3.31. The molecule has 0 radical (unpaired) electrons. The first-order chi connectivity index (χ1) is 14.3. The van der Waals surface area contributed by atoms with Gasteiger partial charge in [-0.3, -0.25) is 14.4 Å². The average molecular weight is 440 g/mol. The molecule has 1 amide bonds. The Morgan fingerprint density at radius 1 is 1.23 bits per heavy atom. The highest BCUT2D eigenvalue weighted by Gasteiger charge is 2.32. The van der Waals surface area contributed by atoms with Crippen LogP contribution in [0.25, 0.3) is 17.3 Å². The normalized spacial score (nSPS) is 16.1. The molecular formula is C22H21N3O3S2. The largest absolute Gasteiger partial charge is 0.298 e. The number of thiazole rings is 1. The molecule has 1 N–H and O–H groups in total. The molecule has 1 aromatic heterocycles. The first kappa shape index (κ1) is 20.3. The van der Waals surface area contributed by atoms with Crippen molar-refractivity contribution in [3.8, 4) is 11.3 Å². The van der Waals surface area contributed by atoms with Crippen molar-refractivity contribution >= 4 is 44.2 Å². The second-order valence-electron chi connectivity index (χ2n) is 7.23. The lowest BCUT2D eigenvalue weighted by molar-refractivity contribution is -0.111. The second-order valence-corrected chi connectivity index (χ2v) is 9.94. The number of rotatable bonds is 5. The summed E-state index contributed by atoms with van der Waals surface area (Å²) in [6, 6.07) is 15.2. The van der Waals surface area contributed by atoms with Crippen LogP contribution in [-0.4, -0.2) is 31.6 Å². The summed E-state index contributed by atoms with van der Waals surface area (Å²) in [7, 11) is -3.31. The molecule has 154 valence electrons. The molecule has 4 rings (SSSR count). The highest BCUT2D eigenvalue weighted by Crippen LogP contribution is 2.37. The fourth-order valence-electron chi connectivity index (χ4n) is 3.61. The number of hydrogen-bond donors (Lipinski definition) is 1. The van der Waals surface area contributed by atoms with Crippen LogP contribution in [-0.2, 0) is 21.2 Å². The Hall–Kier alpha value is -2.97. The predicted octanol–water partition coefficient (Wildman–Crippen LogP) is 4.17. The molecule has 6 nitrogen and oxygen atoms in total.